The number of aliphatic carboxylic acids is 1. The molecule has 23 heavy (non-hydrogen) atoms. The summed E-state index contributed by atoms with van der Waals surface area (Å²) in [5.74, 6) is -0.517. The molecule has 2 N–H and O–H groups in total. The number of hydrogen-bond donors (Lipinski definition) is 2. The molecular formula is C17H23NO5. The van der Waals surface area contributed by atoms with Crippen molar-refractivity contribution in [3.8, 4) is 5.75 Å². The van der Waals surface area contributed by atoms with Crippen LogP contribution in [0.3, 0.4) is 0 Å². The van der Waals surface area contributed by atoms with Crippen LogP contribution in [0.25, 0.3) is 0 Å². The maximum Gasteiger partial charge on any atom is 0.408 e. The fraction of sp³-hybridized carbons (Fsp3) is 0.412. The standard InChI is InChI=1S/C17H23NO5/c1-5-9-22-13-8-6-7-12(10-13)11-14(15(19)20)18-16(21)23-17(2,3)4/h5-8,10,14H,1,9,11H2,2-4H3,(H,18,21)(H,19,20). The molecule has 0 aromatic heterocycles. The van der Waals surface area contributed by atoms with E-state index in [2.05, 4.69) is 11.9 Å². The van der Waals surface area contributed by atoms with Gasteiger partial charge >= 0.3 is 12.1 Å². The largest absolute Gasteiger partial charge is 0.490 e. The molecule has 0 saturated carbocycles. The Hall–Kier alpha value is -2.50. The Kier molecular flexibility index (Phi) is 6.63. The Morgan fingerprint density at radius 2 is 2.09 bits per heavy atom. The van der Waals surface area contributed by atoms with Gasteiger partial charge in [0.05, 0.1) is 0 Å². The van der Waals surface area contributed by atoms with E-state index in [-0.39, 0.29) is 6.42 Å². The number of carboxylic acid groups (broad SMARTS) is 1. The number of carbonyl (C=O) groups excluding carboxylic acids is 1. The van der Waals surface area contributed by atoms with Crippen LogP contribution < -0.4 is 10.1 Å². The first kappa shape index (κ1) is 18.5. The molecule has 0 aliphatic heterocycles. The van der Waals surface area contributed by atoms with Gasteiger partial charge in [0, 0.05) is 6.42 Å². The second kappa shape index (κ2) is 8.22. The van der Waals surface area contributed by atoms with E-state index in [0.717, 1.165) is 5.56 Å². The number of hydrogen-bond acceptors (Lipinski definition) is 4. The van der Waals surface area contributed by atoms with Gasteiger partial charge in [0.2, 0.25) is 0 Å². The van der Waals surface area contributed by atoms with Gasteiger partial charge in [-0.05, 0) is 38.5 Å². The van der Waals surface area contributed by atoms with Crippen LogP contribution in [0.4, 0.5) is 4.79 Å². The second-order valence-corrected chi connectivity index (χ2v) is 5.99. The van der Waals surface area contributed by atoms with Crippen molar-refractivity contribution in [2.45, 2.75) is 38.8 Å². The van der Waals surface area contributed by atoms with Gasteiger partial charge < -0.3 is 19.9 Å². The molecule has 1 aromatic carbocycles. The average molecular weight is 321 g/mol. The maximum absolute atomic E-state index is 11.7. The highest BCUT2D eigenvalue weighted by Gasteiger charge is 2.24. The van der Waals surface area contributed by atoms with Crippen LogP contribution in [-0.4, -0.2) is 35.4 Å². The lowest BCUT2D eigenvalue weighted by molar-refractivity contribution is -0.139. The van der Waals surface area contributed by atoms with Crippen LogP contribution >= 0.6 is 0 Å². The molecule has 1 unspecified atom stereocenters. The lowest BCUT2D eigenvalue weighted by atomic mass is 10.1. The van der Waals surface area contributed by atoms with E-state index in [9.17, 15) is 14.7 Å². The van der Waals surface area contributed by atoms with Crippen molar-refractivity contribution >= 4 is 12.1 Å². The smallest absolute Gasteiger partial charge is 0.408 e. The Labute approximate surface area is 136 Å². The Morgan fingerprint density at radius 3 is 2.65 bits per heavy atom. The highest BCUT2D eigenvalue weighted by molar-refractivity contribution is 5.80. The Balaban J connectivity index is 2.74. The quantitative estimate of drug-likeness (QED) is 0.754. The normalized spacial score (nSPS) is 12.1. The third-order valence-corrected chi connectivity index (χ3v) is 2.70. The van der Waals surface area contributed by atoms with Crippen molar-refractivity contribution in [2.75, 3.05) is 6.61 Å². The van der Waals surface area contributed by atoms with E-state index in [1.54, 1.807) is 51.1 Å². The van der Waals surface area contributed by atoms with E-state index in [0.29, 0.717) is 12.4 Å². The molecule has 1 amide bonds. The predicted molar refractivity (Wildman–Crippen MR) is 86.6 cm³/mol. The molecule has 0 radical (unpaired) electrons. The van der Waals surface area contributed by atoms with Crippen LogP contribution in [0, 0.1) is 0 Å². The van der Waals surface area contributed by atoms with Gasteiger partial charge in [-0.25, -0.2) is 9.59 Å². The number of nitrogens with one attached hydrogen (secondary N) is 1. The molecular weight excluding hydrogens is 298 g/mol. The number of benzene rings is 1. The fourth-order valence-corrected chi connectivity index (χ4v) is 1.80. The average Bonchev–Trinajstić information content (AvgIpc) is 2.42. The van der Waals surface area contributed by atoms with E-state index in [1.807, 2.05) is 0 Å². The van der Waals surface area contributed by atoms with E-state index >= 15 is 0 Å². The van der Waals surface area contributed by atoms with Crippen molar-refractivity contribution in [1.29, 1.82) is 0 Å². The summed E-state index contributed by atoms with van der Waals surface area (Å²) < 4.78 is 10.5. The minimum Gasteiger partial charge on any atom is -0.490 e. The van der Waals surface area contributed by atoms with Gasteiger partial charge in [-0.15, -0.1) is 0 Å². The molecule has 0 fully saturated rings. The molecule has 1 rings (SSSR count). The number of alkyl carbamates (subject to hydrolysis) is 1. The molecule has 1 atom stereocenters. The van der Waals surface area contributed by atoms with Crippen LogP contribution in [0.15, 0.2) is 36.9 Å². The third kappa shape index (κ3) is 7.35. The van der Waals surface area contributed by atoms with Crippen LogP contribution in [0.1, 0.15) is 26.3 Å². The summed E-state index contributed by atoms with van der Waals surface area (Å²) >= 11 is 0. The molecule has 6 heteroatoms. The third-order valence-electron chi connectivity index (χ3n) is 2.70. The monoisotopic (exact) mass is 321 g/mol. The number of rotatable bonds is 7. The number of carbonyl (C=O) groups is 2. The van der Waals surface area contributed by atoms with Crippen molar-refractivity contribution in [3.05, 3.63) is 42.5 Å². The molecule has 6 nitrogen and oxygen atoms in total. The van der Waals surface area contributed by atoms with Crippen LogP contribution in [0.5, 0.6) is 5.75 Å². The molecule has 0 saturated heterocycles. The van der Waals surface area contributed by atoms with Gasteiger partial charge in [-0.2, -0.15) is 0 Å². The van der Waals surface area contributed by atoms with E-state index in [1.165, 1.54) is 0 Å². The lowest BCUT2D eigenvalue weighted by Crippen LogP contribution is -2.44. The Bertz CT molecular complexity index is 562. The van der Waals surface area contributed by atoms with Gasteiger partial charge in [-0.1, -0.05) is 24.8 Å². The number of ether oxygens (including phenoxy) is 2. The van der Waals surface area contributed by atoms with Gasteiger partial charge in [0.15, 0.2) is 0 Å². The second-order valence-electron chi connectivity index (χ2n) is 5.99. The van der Waals surface area contributed by atoms with Gasteiger partial charge in [0.1, 0.15) is 24.0 Å². The zero-order valence-electron chi connectivity index (χ0n) is 13.7. The summed E-state index contributed by atoms with van der Waals surface area (Å²) in [6, 6.07) is 5.95. The zero-order valence-corrected chi connectivity index (χ0v) is 13.7. The lowest BCUT2D eigenvalue weighted by Gasteiger charge is -2.22. The van der Waals surface area contributed by atoms with Crippen LogP contribution in [0.2, 0.25) is 0 Å². The summed E-state index contributed by atoms with van der Waals surface area (Å²) in [5, 5.41) is 11.6. The molecule has 1 aromatic rings. The first-order valence-electron chi connectivity index (χ1n) is 7.26. The first-order chi connectivity index (χ1) is 10.7. The highest BCUT2D eigenvalue weighted by Crippen LogP contribution is 2.15. The Morgan fingerprint density at radius 1 is 1.39 bits per heavy atom. The molecule has 0 bridgehead atoms. The van der Waals surface area contributed by atoms with Crippen molar-refractivity contribution < 1.29 is 24.2 Å². The predicted octanol–water partition coefficient (Wildman–Crippen LogP) is 2.77. The summed E-state index contributed by atoms with van der Waals surface area (Å²) in [5.41, 5.74) is 0.0426. The topological polar surface area (TPSA) is 84.9 Å². The molecule has 0 heterocycles. The molecule has 0 aliphatic rings. The molecule has 126 valence electrons. The SMILES string of the molecule is C=CCOc1cccc(CC(NC(=O)OC(C)(C)C)C(=O)O)c1. The maximum atomic E-state index is 11.7. The minimum atomic E-state index is -1.13. The van der Waals surface area contributed by atoms with Crippen LogP contribution in [-0.2, 0) is 16.0 Å². The first-order valence-corrected chi connectivity index (χ1v) is 7.26. The summed E-state index contributed by atoms with van der Waals surface area (Å²) in [6.45, 7) is 9.06. The minimum absolute atomic E-state index is 0.125. The van der Waals surface area contributed by atoms with Crippen molar-refractivity contribution in [3.63, 3.8) is 0 Å². The molecule has 0 spiro atoms. The fourth-order valence-electron chi connectivity index (χ4n) is 1.80. The van der Waals surface area contributed by atoms with Crippen molar-refractivity contribution in [2.24, 2.45) is 0 Å². The summed E-state index contributed by atoms with van der Waals surface area (Å²) in [6.07, 6.45) is 0.986. The highest BCUT2D eigenvalue weighted by atomic mass is 16.6. The molecule has 0 aliphatic carbocycles. The number of amides is 1. The van der Waals surface area contributed by atoms with Gasteiger partial charge in [0.25, 0.3) is 0 Å². The number of carboxylic acids is 1. The zero-order chi connectivity index (χ0) is 17.5. The van der Waals surface area contributed by atoms with Gasteiger partial charge in [-0.3, -0.25) is 0 Å². The summed E-state index contributed by atoms with van der Waals surface area (Å²) in [4.78, 5) is 23.1. The summed E-state index contributed by atoms with van der Waals surface area (Å²) in [7, 11) is 0. The van der Waals surface area contributed by atoms with E-state index in [4.69, 9.17) is 9.47 Å². The van der Waals surface area contributed by atoms with Crippen molar-refractivity contribution in [1.82, 2.24) is 5.32 Å². The van der Waals surface area contributed by atoms with E-state index < -0.39 is 23.7 Å².